The van der Waals surface area contributed by atoms with E-state index in [4.69, 9.17) is 9.84 Å². The quantitative estimate of drug-likeness (QED) is 0.791. The van der Waals surface area contributed by atoms with E-state index < -0.39 is 22.5 Å². The molecule has 1 heterocycles. The summed E-state index contributed by atoms with van der Waals surface area (Å²) in [4.78, 5) is 10.4. The van der Waals surface area contributed by atoms with Gasteiger partial charge in [0.2, 0.25) is 10.0 Å². The Kier molecular flexibility index (Phi) is 3.03. The van der Waals surface area contributed by atoms with Crippen LogP contribution in [0.1, 0.15) is 5.56 Å². The van der Waals surface area contributed by atoms with Crippen molar-refractivity contribution in [3.8, 4) is 5.75 Å². The third-order valence-corrected chi connectivity index (χ3v) is 3.78. The molecule has 0 saturated heterocycles. The number of aliphatic carboxylic acids is 1. The van der Waals surface area contributed by atoms with E-state index in [1.54, 1.807) is 6.07 Å². The summed E-state index contributed by atoms with van der Waals surface area (Å²) in [7, 11) is -3.76. The van der Waals surface area contributed by atoms with Crippen LogP contribution >= 0.6 is 0 Å². The number of hydrogen-bond acceptors (Lipinski definition) is 4. The minimum atomic E-state index is -3.76. The number of nitrogens with one attached hydrogen (secondary N) is 1. The molecule has 2 rings (SSSR count). The van der Waals surface area contributed by atoms with E-state index in [0.717, 1.165) is 5.56 Å². The Labute approximate surface area is 98.3 Å². The Morgan fingerprint density at radius 1 is 1.47 bits per heavy atom. The number of sulfonamides is 1. The molecule has 1 aliphatic heterocycles. The van der Waals surface area contributed by atoms with E-state index in [1.165, 1.54) is 12.1 Å². The van der Waals surface area contributed by atoms with Crippen LogP contribution < -0.4 is 9.46 Å². The third-order valence-electron chi connectivity index (χ3n) is 2.38. The summed E-state index contributed by atoms with van der Waals surface area (Å²) in [6, 6.07) is 4.48. The van der Waals surface area contributed by atoms with Crippen LogP contribution in [0.15, 0.2) is 23.1 Å². The van der Waals surface area contributed by atoms with Crippen LogP contribution in [0.5, 0.6) is 5.75 Å². The molecule has 17 heavy (non-hydrogen) atoms. The molecule has 2 N–H and O–H groups in total. The van der Waals surface area contributed by atoms with Crippen molar-refractivity contribution in [3.63, 3.8) is 0 Å². The fourth-order valence-electron chi connectivity index (χ4n) is 1.57. The highest BCUT2D eigenvalue weighted by molar-refractivity contribution is 7.89. The van der Waals surface area contributed by atoms with E-state index in [9.17, 15) is 13.2 Å². The standard InChI is InChI=1S/C10H11NO5S/c12-10(13)6-11-17(14,15)8-1-2-9-7(5-8)3-4-16-9/h1-2,5,11H,3-4,6H2,(H,12,13). The van der Waals surface area contributed by atoms with Gasteiger partial charge in [0.1, 0.15) is 12.3 Å². The molecular formula is C10H11NO5S. The number of carbonyl (C=O) groups is 1. The molecule has 0 bridgehead atoms. The van der Waals surface area contributed by atoms with Gasteiger partial charge in [-0.05, 0) is 23.8 Å². The van der Waals surface area contributed by atoms with E-state index in [2.05, 4.69) is 0 Å². The Morgan fingerprint density at radius 2 is 2.24 bits per heavy atom. The average molecular weight is 257 g/mol. The molecule has 0 atom stereocenters. The Bertz CT molecular complexity index is 552. The Hall–Kier alpha value is -1.60. The molecule has 0 amide bonds. The maximum absolute atomic E-state index is 11.7. The molecule has 1 aliphatic rings. The zero-order valence-corrected chi connectivity index (χ0v) is 9.66. The van der Waals surface area contributed by atoms with Crippen molar-refractivity contribution >= 4 is 16.0 Å². The van der Waals surface area contributed by atoms with Gasteiger partial charge in [0.05, 0.1) is 11.5 Å². The first kappa shape index (κ1) is 11.9. The molecule has 0 aliphatic carbocycles. The lowest BCUT2D eigenvalue weighted by Gasteiger charge is -2.06. The number of carboxylic acid groups (broad SMARTS) is 1. The lowest BCUT2D eigenvalue weighted by Crippen LogP contribution is -2.29. The predicted octanol–water partition coefficient (Wildman–Crippen LogP) is -0.0156. The zero-order valence-electron chi connectivity index (χ0n) is 8.84. The number of fused-ring (bicyclic) bond motifs is 1. The van der Waals surface area contributed by atoms with Gasteiger partial charge in [-0.3, -0.25) is 4.79 Å². The van der Waals surface area contributed by atoms with Gasteiger partial charge in [-0.2, -0.15) is 4.72 Å². The highest BCUT2D eigenvalue weighted by Gasteiger charge is 2.19. The van der Waals surface area contributed by atoms with Crippen molar-refractivity contribution in [1.82, 2.24) is 4.72 Å². The SMILES string of the molecule is O=C(O)CNS(=O)(=O)c1ccc2c(c1)CCO2. The number of benzene rings is 1. The van der Waals surface area contributed by atoms with Gasteiger partial charge in [0.25, 0.3) is 0 Å². The summed E-state index contributed by atoms with van der Waals surface area (Å²) in [5, 5.41) is 8.43. The smallest absolute Gasteiger partial charge is 0.318 e. The average Bonchev–Trinajstić information content (AvgIpc) is 2.73. The van der Waals surface area contributed by atoms with E-state index in [1.807, 2.05) is 4.72 Å². The van der Waals surface area contributed by atoms with Gasteiger partial charge in [-0.1, -0.05) is 0 Å². The van der Waals surface area contributed by atoms with E-state index >= 15 is 0 Å². The largest absolute Gasteiger partial charge is 0.493 e. The van der Waals surface area contributed by atoms with Crippen LogP contribution in [-0.4, -0.2) is 32.6 Å². The fraction of sp³-hybridized carbons (Fsp3) is 0.300. The molecule has 0 radical (unpaired) electrons. The summed E-state index contributed by atoms with van der Waals surface area (Å²) >= 11 is 0. The van der Waals surface area contributed by atoms with Crippen LogP contribution in [-0.2, 0) is 21.2 Å². The molecule has 0 spiro atoms. The summed E-state index contributed by atoms with van der Waals surface area (Å²) in [6.45, 7) is -0.0860. The Balaban J connectivity index is 2.24. The molecule has 1 aromatic rings. The first-order chi connectivity index (χ1) is 7.99. The van der Waals surface area contributed by atoms with Gasteiger partial charge < -0.3 is 9.84 Å². The van der Waals surface area contributed by atoms with Crippen molar-refractivity contribution in [3.05, 3.63) is 23.8 Å². The third kappa shape index (κ3) is 2.56. The number of hydrogen-bond donors (Lipinski definition) is 2. The van der Waals surface area contributed by atoms with E-state index in [-0.39, 0.29) is 4.90 Å². The van der Waals surface area contributed by atoms with Crippen LogP contribution in [0.25, 0.3) is 0 Å². The van der Waals surface area contributed by atoms with Crippen molar-refractivity contribution in [2.75, 3.05) is 13.2 Å². The Morgan fingerprint density at radius 3 is 2.94 bits per heavy atom. The number of rotatable bonds is 4. The monoisotopic (exact) mass is 257 g/mol. The van der Waals surface area contributed by atoms with Gasteiger partial charge in [-0.15, -0.1) is 0 Å². The summed E-state index contributed by atoms with van der Waals surface area (Å²) in [5.74, 6) is -0.541. The molecule has 0 fully saturated rings. The fourth-order valence-corrected chi connectivity index (χ4v) is 2.59. The highest BCUT2D eigenvalue weighted by atomic mass is 32.2. The molecule has 7 heteroatoms. The van der Waals surface area contributed by atoms with Crippen LogP contribution in [0.3, 0.4) is 0 Å². The minimum Gasteiger partial charge on any atom is -0.493 e. The lowest BCUT2D eigenvalue weighted by atomic mass is 10.2. The lowest BCUT2D eigenvalue weighted by molar-refractivity contribution is -0.135. The van der Waals surface area contributed by atoms with Gasteiger partial charge >= 0.3 is 5.97 Å². The maximum Gasteiger partial charge on any atom is 0.318 e. The van der Waals surface area contributed by atoms with Crippen LogP contribution in [0.4, 0.5) is 0 Å². The highest BCUT2D eigenvalue weighted by Crippen LogP contribution is 2.27. The molecule has 0 aromatic heterocycles. The normalized spacial score (nSPS) is 14.1. The second-order valence-electron chi connectivity index (χ2n) is 3.59. The summed E-state index contributed by atoms with van der Waals surface area (Å²) in [5.41, 5.74) is 0.822. The van der Waals surface area contributed by atoms with Crippen molar-refractivity contribution in [2.45, 2.75) is 11.3 Å². The molecule has 0 unspecified atom stereocenters. The first-order valence-corrected chi connectivity index (χ1v) is 6.44. The van der Waals surface area contributed by atoms with Gasteiger partial charge in [0.15, 0.2) is 0 Å². The molecule has 6 nitrogen and oxygen atoms in total. The van der Waals surface area contributed by atoms with E-state index in [0.29, 0.717) is 18.8 Å². The summed E-state index contributed by atoms with van der Waals surface area (Å²) < 4.78 is 30.7. The zero-order chi connectivity index (χ0) is 12.5. The predicted molar refractivity (Wildman–Crippen MR) is 58.5 cm³/mol. The second kappa shape index (κ2) is 4.34. The second-order valence-corrected chi connectivity index (χ2v) is 5.35. The molecule has 0 saturated carbocycles. The summed E-state index contributed by atoms with van der Waals surface area (Å²) in [6.07, 6.45) is 0.664. The number of ether oxygens (including phenoxy) is 1. The molecular weight excluding hydrogens is 246 g/mol. The minimum absolute atomic E-state index is 0.0583. The van der Waals surface area contributed by atoms with Gasteiger partial charge in [0, 0.05) is 6.42 Å². The topological polar surface area (TPSA) is 92.7 Å². The van der Waals surface area contributed by atoms with Crippen molar-refractivity contribution in [2.24, 2.45) is 0 Å². The molecule has 1 aromatic carbocycles. The van der Waals surface area contributed by atoms with Crippen LogP contribution in [0, 0.1) is 0 Å². The maximum atomic E-state index is 11.7. The number of carboxylic acids is 1. The first-order valence-electron chi connectivity index (χ1n) is 4.96. The van der Waals surface area contributed by atoms with Gasteiger partial charge in [-0.25, -0.2) is 8.42 Å². The molecule has 92 valence electrons. The van der Waals surface area contributed by atoms with Crippen molar-refractivity contribution in [1.29, 1.82) is 0 Å². The van der Waals surface area contributed by atoms with Crippen LogP contribution in [0.2, 0.25) is 0 Å². The van der Waals surface area contributed by atoms with Crippen molar-refractivity contribution < 1.29 is 23.1 Å².